The van der Waals surface area contributed by atoms with Gasteiger partial charge in [0.15, 0.2) is 6.61 Å². The third-order valence-corrected chi connectivity index (χ3v) is 5.86. The van der Waals surface area contributed by atoms with Gasteiger partial charge >= 0.3 is 5.97 Å². The van der Waals surface area contributed by atoms with Crippen molar-refractivity contribution in [1.29, 1.82) is 0 Å². The van der Waals surface area contributed by atoms with E-state index in [9.17, 15) is 24.0 Å². The molecule has 1 aromatic carbocycles. The number of hydrogen-bond donors (Lipinski definition) is 2. The summed E-state index contributed by atoms with van der Waals surface area (Å²) < 4.78 is 4.99. The molecule has 0 unspecified atom stereocenters. The number of imide groups is 1. The number of hydrogen-bond acceptors (Lipinski definition) is 6. The van der Waals surface area contributed by atoms with Crippen molar-refractivity contribution in [2.24, 2.45) is 11.8 Å². The minimum absolute atomic E-state index is 0.0602. The molecule has 1 saturated carbocycles. The highest BCUT2D eigenvalue weighted by molar-refractivity contribution is 6.06. The number of fused-ring (bicyclic) bond motifs is 1. The molecule has 4 amide bonds. The summed E-state index contributed by atoms with van der Waals surface area (Å²) in [6.07, 6.45) is 6.59. The van der Waals surface area contributed by atoms with Gasteiger partial charge in [-0.3, -0.25) is 28.9 Å². The van der Waals surface area contributed by atoms with E-state index in [0.29, 0.717) is 24.1 Å². The van der Waals surface area contributed by atoms with Crippen LogP contribution in [0.25, 0.3) is 0 Å². The number of rotatable bonds is 8. The summed E-state index contributed by atoms with van der Waals surface area (Å²) in [7, 11) is 0. The molecule has 0 aromatic heterocycles. The molecule has 2 N–H and O–H groups in total. The molecular weight excluding hydrogens is 414 g/mol. The number of benzene rings is 1. The molecule has 0 spiro atoms. The summed E-state index contributed by atoms with van der Waals surface area (Å²) in [5, 5.41) is 5.45. The normalized spacial score (nSPS) is 21.8. The fourth-order valence-corrected chi connectivity index (χ4v) is 3.98. The van der Waals surface area contributed by atoms with Crippen molar-refractivity contribution >= 4 is 35.3 Å². The lowest BCUT2D eigenvalue weighted by molar-refractivity contribution is -0.148. The molecule has 0 bridgehead atoms. The maximum atomic E-state index is 12.4. The summed E-state index contributed by atoms with van der Waals surface area (Å²) in [6, 6.07) is 6.77. The van der Waals surface area contributed by atoms with Gasteiger partial charge in [-0.15, -0.1) is 0 Å². The number of carbonyl (C=O) groups is 5. The Bertz CT molecular complexity index is 958. The molecule has 1 saturated heterocycles. The van der Waals surface area contributed by atoms with Crippen LogP contribution in [-0.2, 0) is 23.9 Å². The zero-order valence-electron chi connectivity index (χ0n) is 17.5. The van der Waals surface area contributed by atoms with E-state index in [0.717, 1.165) is 17.7 Å². The second-order valence-corrected chi connectivity index (χ2v) is 8.24. The number of nitrogens with zero attached hydrogens (tertiary/aromatic N) is 1. The second kappa shape index (κ2) is 9.33. The highest BCUT2D eigenvalue weighted by Gasteiger charge is 2.46. The van der Waals surface area contributed by atoms with Crippen molar-refractivity contribution in [2.75, 3.05) is 18.5 Å². The van der Waals surface area contributed by atoms with Gasteiger partial charge in [0.25, 0.3) is 11.8 Å². The largest absolute Gasteiger partial charge is 0.456 e. The smallest absolute Gasteiger partial charge is 0.308 e. The summed E-state index contributed by atoms with van der Waals surface area (Å²) >= 11 is 0. The minimum Gasteiger partial charge on any atom is -0.456 e. The van der Waals surface area contributed by atoms with E-state index in [2.05, 4.69) is 10.6 Å². The number of anilines is 1. The third kappa shape index (κ3) is 4.87. The monoisotopic (exact) mass is 439 g/mol. The van der Waals surface area contributed by atoms with Gasteiger partial charge < -0.3 is 15.4 Å². The molecule has 2 aliphatic carbocycles. The van der Waals surface area contributed by atoms with Crippen LogP contribution >= 0.6 is 0 Å². The first-order valence-corrected chi connectivity index (χ1v) is 10.8. The summed E-state index contributed by atoms with van der Waals surface area (Å²) in [4.78, 5) is 62.5. The standard InChI is InChI=1S/C23H25N3O6/c27-19(25-18-8-4-3-7-17(18)21(29)24-14-9-10-14)13-32-20(28)11-12-26-22(30)15-5-1-2-6-16(15)23(26)31/h1-4,7-8,14-16H,5-6,9-13H2,(H,24,29)(H,25,27)/t15-,16-/m0/s1. The van der Waals surface area contributed by atoms with Gasteiger partial charge in [0.1, 0.15) is 0 Å². The highest BCUT2D eigenvalue weighted by atomic mass is 16.5. The average Bonchev–Trinajstić information content (AvgIpc) is 3.57. The average molecular weight is 439 g/mol. The predicted molar refractivity (Wildman–Crippen MR) is 113 cm³/mol. The number of nitrogens with one attached hydrogen (secondary N) is 2. The molecular formula is C23H25N3O6. The molecule has 1 aliphatic heterocycles. The molecule has 1 aromatic rings. The maximum absolute atomic E-state index is 12.4. The van der Waals surface area contributed by atoms with Gasteiger partial charge in [0.2, 0.25) is 11.8 Å². The SMILES string of the molecule is O=C(COC(=O)CCN1C(=O)[C@H]2CC=CC[C@@H]2C1=O)Nc1ccccc1C(=O)NC1CC1. The van der Waals surface area contributed by atoms with E-state index in [1.807, 2.05) is 12.2 Å². The Morgan fingerprint density at radius 2 is 1.66 bits per heavy atom. The van der Waals surface area contributed by atoms with Crippen LogP contribution in [0.2, 0.25) is 0 Å². The second-order valence-electron chi connectivity index (χ2n) is 8.24. The van der Waals surface area contributed by atoms with Crippen molar-refractivity contribution in [3.63, 3.8) is 0 Å². The van der Waals surface area contributed by atoms with Crippen molar-refractivity contribution in [1.82, 2.24) is 10.2 Å². The Balaban J connectivity index is 1.23. The molecule has 0 radical (unpaired) electrons. The number of ether oxygens (including phenoxy) is 1. The van der Waals surface area contributed by atoms with Crippen molar-refractivity contribution in [3.8, 4) is 0 Å². The van der Waals surface area contributed by atoms with E-state index in [4.69, 9.17) is 4.74 Å². The Kier molecular flexibility index (Phi) is 6.34. The first-order valence-electron chi connectivity index (χ1n) is 10.8. The highest BCUT2D eigenvalue weighted by Crippen LogP contribution is 2.35. The molecule has 2 fully saturated rings. The molecule has 9 heteroatoms. The Morgan fingerprint density at radius 3 is 2.31 bits per heavy atom. The van der Waals surface area contributed by atoms with Crippen molar-refractivity contribution in [3.05, 3.63) is 42.0 Å². The first-order chi connectivity index (χ1) is 15.4. The van der Waals surface area contributed by atoms with Crippen molar-refractivity contribution in [2.45, 2.75) is 38.1 Å². The lowest BCUT2D eigenvalue weighted by Gasteiger charge is -2.14. The molecule has 2 atom stereocenters. The van der Waals surface area contributed by atoms with E-state index < -0.39 is 18.5 Å². The summed E-state index contributed by atoms with van der Waals surface area (Å²) in [5.41, 5.74) is 0.664. The van der Waals surface area contributed by atoms with Crippen LogP contribution in [0.15, 0.2) is 36.4 Å². The summed E-state index contributed by atoms with van der Waals surface area (Å²) in [5.74, 6) is -2.73. The van der Waals surface area contributed by atoms with Gasteiger partial charge in [-0.25, -0.2) is 0 Å². The maximum Gasteiger partial charge on any atom is 0.308 e. The zero-order valence-corrected chi connectivity index (χ0v) is 17.5. The van der Waals surface area contributed by atoms with Gasteiger partial charge in [-0.05, 0) is 37.8 Å². The van der Waals surface area contributed by atoms with Crippen LogP contribution in [0.4, 0.5) is 5.69 Å². The Morgan fingerprint density at radius 1 is 1.00 bits per heavy atom. The fraction of sp³-hybridized carbons (Fsp3) is 0.435. The predicted octanol–water partition coefficient (Wildman–Crippen LogP) is 1.40. The Labute approximate surface area is 185 Å². The van der Waals surface area contributed by atoms with Gasteiger partial charge in [-0.2, -0.15) is 0 Å². The van der Waals surface area contributed by atoms with Crippen molar-refractivity contribution < 1.29 is 28.7 Å². The van der Waals surface area contributed by atoms with Crippen LogP contribution in [0.1, 0.15) is 42.5 Å². The molecule has 168 valence electrons. The molecule has 32 heavy (non-hydrogen) atoms. The number of amides is 4. The quantitative estimate of drug-likeness (QED) is 0.359. The van der Waals surface area contributed by atoms with Gasteiger partial charge in [0, 0.05) is 12.6 Å². The molecule has 3 aliphatic rings. The van der Waals surface area contributed by atoms with E-state index in [1.54, 1.807) is 24.3 Å². The van der Waals surface area contributed by atoms with E-state index >= 15 is 0 Å². The molecule has 4 rings (SSSR count). The first kappa shape index (κ1) is 21.7. The molecule has 9 nitrogen and oxygen atoms in total. The number of allylic oxidation sites excluding steroid dienone is 2. The van der Waals surface area contributed by atoms with Gasteiger partial charge in [-0.1, -0.05) is 24.3 Å². The molecule has 1 heterocycles. The number of carbonyl (C=O) groups excluding carboxylic acids is 5. The minimum atomic E-state index is -0.687. The Hall–Kier alpha value is -3.49. The topological polar surface area (TPSA) is 122 Å². The van der Waals surface area contributed by atoms with Gasteiger partial charge in [0.05, 0.1) is 29.5 Å². The lowest BCUT2D eigenvalue weighted by Crippen LogP contribution is -2.33. The number of esters is 1. The van der Waals surface area contributed by atoms with Crippen LogP contribution in [0.3, 0.4) is 0 Å². The van der Waals surface area contributed by atoms with E-state index in [1.165, 1.54) is 0 Å². The zero-order chi connectivity index (χ0) is 22.7. The summed E-state index contributed by atoms with van der Waals surface area (Å²) in [6.45, 7) is -0.593. The number of likely N-dealkylation sites (tertiary alicyclic amines) is 1. The number of para-hydroxylation sites is 1. The third-order valence-electron chi connectivity index (χ3n) is 5.86. The van der Waals surface area contributed by atoms with Crippen LogP contribution in [0, 0.1) is 11.8 Å². The van der Waals surface area contributed by atoms with Crippen LogP contribution < -0.4 is 10.6 Å². The fourth-order valence-electron chi connectivity index (χ4n) is 3.98. The lowest BCUT2D eigenvalue weighted by atomic mass is 9.85. The van der Waals surface area contributed by atoms with E-state index in [-0.39, 0.29) is 48.6 Å². The van der Waals surface area contributed by atoms with Crippen LogP contribution in [0.5, 0.6) is 0 Å². The van der Waals surface area contributed by atoms with Crippen LogP contribution in [-0.4, -0.2) is 53.7 Å².